The Bertz CT molecular complexity index is 851. The molecule has 0 atom stereocenters. The van der Waals surface area contributed by atoms with Crippen LogP contribution >= 0.6 is 0 Å². The number of carbonyl (C=O) groups is 1. The lowest BCUT2D eigenvalue weighted by molar-refractivity contribution is -0.120. The van der Waals surface area contributed by atoms with Gasteiger partial charge >= 0.3 is 0 Å². The average Bonchev–Trinajstić information content (AvgIpc) is 3.02. The summed E-state index contributed by atoms with van der Waals surface area (Å²) in [5.74, 6) is 0.759. The molecule has 0 spiro atoms. The predicted molar refractivity (Wildman–Crippen MR) is 94.1 cm³/mol. The number of ether oxygens (including phenoxy) is 1. The van der Waals surface area contributed by atoms with Crippen LogP contribution in [0.5, 0.6) is 5.75 Å². The first-order valence-corrected chi connectivity index (χ1v) is 8.08. The molecule has 1 N–H and O–H groups in total. The number of rotatable bonds is 6. The van der Waals surface area contributed by atoms with E-state index in [1.807, 2.05) is 36.4 Å². The van der Waals surface area contributed by atoms with Crippen molar-refractivity contribution in [1.29, 1.82) is 0 Å². The Morgan fingerprint density at radius 2 is 2.04 bits per heavy atom. The van der Waals surface area contributed by atoms with Crippen LogP contribution in [-0.4, -0.2) is 13.0 Å². The molecule has 24 heavy (non-hydrogen) atoms. The normalized spacial score (nSPS) is 10.8. The summed E-state index contributed by atoms with van der Waals surface area (Å²) >= 11 is 0. The van der Waals surface area contributed by atoms with E-state index in [-0.39, 0.29) is 5.91 Å². The molecule has 3 aromatic rings. The SMILES string of the molecule is CCc1ccc2c(CC(=O)NCc3cccc(OC)c3)coc2c1. The maximum atomic E-state index is 12.2. The Morgan fingerprint density at radius 3 is 2.83 bits per heavy atom. The Kier molecular flexibility index (Phi) is 4.85. The highest BCUT2D eigenvalue weighted by molar-refractivity contribution is 5.87. The van der Waals surface area contributed by atoms with E-state index in [1.165, 1.54) is 5.56 Å². The molecule has 4 nitrogen and oxygen atoms in total. The molecule has 124 valence electrons. The maximum absolute atomic E-state index is 12.2. The zero-order chi connectivity index (χ0) is 16.9. The second-order valence-electron chi connectivity index (χ2n) is 5.75. The van der Waals surface area contributed by atoms with Gasteiger partial charge in [-0.25, -0.2) is 0 Å². The highest BCUT2D eigenvalue weighted by Crippen LogP contribution is 2.23. The van der Waals surface area contributed by atoms with Crippen molar-refractivity contribution >= 4 is 16.9 Å². The fraction of sp³-hybridized carbons (Fsp3) is 0.250. The number of fused-ring (bicyclic) bond motifs is 1. The minimum atomic E-state index is -0.0277. The van der Waals surface area contributed by atoms with Gasteiger partial charge in [0.1, 0.15) is 11.3 Å². The molecular weight excluding hydrogens is 302 g/mol. The summed E-state index contributed by atoms with van der Waals surface area (Å²) < 4.78 is 10.8. The molecule has 0 saturated carbocycles. The molecule has 1 heterocycles. The lowest BCUT2D eigenvalue weighted by atomic mass is 10.1. The lowest BCUT2D eigenvalue weighted by Crippen LogP contribution is -2.24. The molecule has 0 bridgehead atoms. The van der Waals surface area contributed by atoms with E-state index in [0.717, 1.165) is 34.3 Å². The van der Waals surface area contributed by atoms with Gasteiger partial charge in [-0.15, -0.1) is 0 Å². The van der Waals surface area contributed by atoms with E-state index in [0.29, 0.717) is 13.0 Å². The Hall–Kier alpha value is -2.75. The first kappa shape index (κ1) is 16.1. The van der Waals surface area contributed by atoms with E-state index in [1.54, 1.807) is 13.4 Å². The number of benzene rings is 2. The van der Waals surface area contributed by atoms with Gasteiger partial charge in [-0.1, -0.05) is 31.2 Å². The molecule has 0 radical (unpaired) electrons. The number of methoxy groups -OCH3 is 1. The third-order valence-corrected chi connectivity index (χ3v) is 4.10. The van der Waals surface area contributed by atoms with Crippen LogP contribution in [0.15, 0.2) is 53.1 Å². The quantitative estimate of drug-likeness (QED) is 0.749. The summed E-state index contributed by atoms with van der Waals surface area (Å²) in [5, 5.41) is 3.94. The van der Waals surface area contributed by atoms with E-state index in [4.69, 9.17) is 9.15 Å². The van der Waals surface area contributed by atoms with E-state index < -0.39 is 0 Å². The van der Waals surface area contributed by atoms with E-state index in [9.17, 15) is 4.79 Å². The smallest absolute Gasteiger partial charge is 0.224 e. The second kappa shape index (κ2) is 7.21. The zero-order valence-corrected chi connectivity index (χ0v) is 14.0. The molecular formula is C20H21NO3. The Morgan fingerprint density at radius 1 is 1.17 bits per heavy atom. The van der Waals surface area contributed by atoms with Crippen LogP contribution in [0.1, 0.15) is 23.6 Å². The van der Waals surface area contributed by atoms with Gasteiger partial charge in [-0.3, -0.25) is 4.79 Å². The van der Waals surface area contributed by atoms with Gasteiger partial charge in [-0.05, 0) is 35.7 Å². The number of hydrogen-bond acceptors (Lipinski definition) is 3. The number of aryl methyl sites for hydroxylation is 1. The standard InChI is InChI=1S/C20H21NO3/c1-3-14-7-8-18-16(13-24-19(18)10-14)11-20(22)21-12-15-5-4-6-17(9-15)23-2/h4-10,13H,3,11-12H2,1-2H3,(H,21,22). The first-order valence-electron chi connectivity index (χ1n) is 8.08. The number of carbonyl (C=O) groups excluding carboxylic acids is 1. The van der Waals surface area contributed by atoms with Crippen molar-refractivity contribution in [3.63, 3.8) is 0 Å². The van der Waals surface area contributed by atoms with Crippen LogP contribution in [0, 0.1) is 0 Å². The van der Waals surface area contributed by atoms with Crippen molar-refractivity contribution in [2.75, 3.05) is 7.11 Å². The van der Waals surface area contributed by atoms with Gasteiger partial charge in [0, 0.05) is 17.5 Å². The van der Waals surface area contributed by atoms with Gasteiger partial charge in [-0.2, -0.15) is 0 Å². The van der Waals surface area contributed by atoms with Crippen LogP contribution in [0.3, 0.4) is 0 Å². The third-order valence-electron chi connectivity index (χ3n) is 4.10. The van der Waals surface area contributed by atoms with Crippen LogP contribution in [-0.2, 0) is 24.2 Å². The van der Waals surface area contributed by atoms with Crippen LogP contribution in [0.2, 0.25) is 0 Å². The van der Waals surface area contributed by atoms with Gasteiger partial charge in [0.25, 0.3) is 0 Å². The van der Waals surface area contributed by atoms with E-state index >= 15 is 0 Å². The maximum Gasteiger partial charge on any atom is 0.224 e. The second-order valence-corrected chi connectivity index (χ2v) is 5.75. The van der Waals surface area contributed by atoms with Crippen LogP contribution < -0.4 is 10.1 Å². The van der Waals surface area contributed by atoms with Crippen molar-refractivity contribution < 1.29 is 13.9 Å². The predicted octanol–water partition coefficient (Wildman–Crippen LogP) is 3.86. The molecule has 4 heteroatoms. The summed E-state index contributed by atoms with van der Waals surface area (Å²) in [6.45, 7) is 2.59. The van der Waals surface area contributed by atoms with Gasteiger partial charge in [0.2, 0.25) is 5.91 Å². The number of hydrogen-bond donors (Lipinski definition) is 1. The minimum absolute atomic E-state index is 0.0277. The highest BCUT2D eigenvalue weighted by Gasteiger charge is 2.11. The fourth-order valence-corrected chi connectivity index (χ4v) is 2.70. The summed E-state index contributed by atoms with van der Waals surface area (Å²) in [5.41, 5.74) is 3.99. The molecule has 2 aromatic carbocycles. The van der Waals surface area contributed by atoms with Crippen molar-refractivity contribution in [2.45, 2.75) is 26.3 Å². The third kappa shape index (κ3) is 3.59. The average molecular weight is 323 g/mol. The first-order chi connectivity index (χ1) is 11.7. The summed E-state index contributed by atoms with van der Waals surface area (Å²) in [7, 11) is 1.63. The topological polar surface area (TPSA) is 51.5 Å². The van der Waals surface area contributed by atoms with Crippen molar-refractivity contribution in [2.24, 2.45) is 0 Å². The molecule has 1 aromatic heterocycles. The zero-order valence-electron chi connectivity index (χ0n) is 14.0. The van der Waals surface area contributed by atoms with Crippen molar-refractivity contribution in [1.82, 2.24) is 5.32 Å². The van der Waals surface area contributed by atoms with Crippen LogP contribution in [0.25, 0.3) is 11.0 Å². The number of amides is 1. The Balaban J connectivity index is 1.64. The lowest BCUT2D eigenvalue weighted by Gasteiger charge is -2.06. The van der Waals surface area contributed by atoms with E-state index in [2.05, 4.69) is 18.3 Å². The number of nitrogens with one attached hydrogen (secondary N) is 1. The highest BCUT2D eigenvalue weighted by atomic mass is 16.5. The van der Waals surface area contributed by atoms with Gasteiger partial charge < -0.3 is 14.5 Å². The number of furan rings is 1. The van der Waals surface area contributed by atoms with Crippen molar-refractivity contribution in [3.05, 3.63) is 65.4 Å². The van der Waals surface area contributed by atoms with Gasteiger partial charge in [0.15, 0.2) is 0 Å². The fourth-order valence-electron chi connectivity index (χ4n) is 2.70. The van der Waals surface area contributed by atoms with Crippen LogP contribution in [0.4, 0.5) is 0 Å². The summed E-state index contributed by atoms with van der Waals surface area (Å²) in [6.07, 6.45) is 2.95. The molecule has 0 saturated heterocycles. The van der Waals surface area contributed by atoms with Gasteiger partial charge in [0.05, 0.1) is 19.8 Å². The molecule has 1 amide bonds. The largest absolute Gasteiger partial charge is 0.497 e. The van der Waals surface area contributed by atoms with Crippen molar-refractivity contribution in [3.8, 4) is 5.75 Å². The Labute approximate surface area is 141 Å². The molecule has 0 fully saturated rings. The molecule has 0 aliphatic rings. The monoisotopic (exact) mass is 323 g/mol. The molecule has 0 aliphatic heterocycles. The minimum Gasteiger partial charge on any atom is -0.497 e. The summed E-state index contributed by atoms with van der Waals surface area (Å²) in [6, 6.07) is 13.8. The molecule has 3 rings (SSSR count). The molecule has 0 unspecified atom stereocenters. The summed E-state index contributed by atoms with van der Waals surface area (Å²) in [4.78, 5) is 12.2. The molecule has 0 aliphatic carbocycles.